The number of ether oxygens (including phenoxy) is 1. The smallest absolute Gasteiger partial charge is 0.167 e. The minimum absolute atomic E-state index is 0.301. The minimum Gasteiger partial charge on any atom is -0.491 e. The standard InChI is InChI=1S/C17H24FNO/c1-4-20-17-6-5-15(10-16(17)18)19-11-14-8-12(2)7-13(3)9-14/h5-7,10,12,14,19H,4,8-9,11H2,1-3H3. The molecule has 1 aliphatic carbocycles. The summed E-state index contributed by atoms with van der Waals surface area (Å²) in [5.41, 5.74) is 2.29. The molecule has 2 unspecified atom stereocenters. The first kappa shape index (κ1) is 14.9. The second-order valence-corrected chi connectivity index (χ2v) is 5.76. The molecule has 0 radical (unpaired) electrons. The topological polar surface area (TPSA) is 21.3 Å². The average Bonchev–Trinajstić information content (AvgIpc) is 2.38. The highest BCUT2D eigenvalue weighted by atomic mass is 19.1. The maximum absolute atomic E-state index is 13.8. The average molecular weight is 277 g/mol. The van der Waals surface area contributed by atoms with Crippen molar-refractivity contribution >= 4 is 5.69 Å². The highest BCUT2D eigenvalue weighted by Gasteiger charge is 2.17. The maximum Gasteiger partial charge on any atom is 0.167 e. The van der Waals surface area contributed by atoms with E-state index in [-0.39, 0.29) is 5.82 Å². The Labute approximate surface area is 121 Å². The Morgan fingerprint density at radius 1 is 1.40 bits per heavy atom. The van der Waals surface area contributed by atoms with Gasteiger partial charge in [0.15, 0.2) is 11.6 Å². The molecule has 3 heteroatoms. The molecule has 2 atom stereocenters. The van der Waals surface area contributed by atoms with Gasteiger partial charge in [-0.1, -0.05) is 18.6 Å². The van der Waals surface area contributed by atoms with Crippen molar-refractivity contribution in [1.29, 1.82) is 0 Å². The number of rotatable bonds is 5. The molecule has 0 amide bonds. The van der Waals surface area contributed by atoms with Gasteiger partial charge in [0.2, 0.25) is 0 Å². The van der Waals surface area contributed by atoms with Crippen molar-refractivity contribution in [1.82, 2.24) is 0 Å². The van der Waals surface area contributed by atoms with Crippen LogP contribution in [0.3, 0.4) is 0 Å². The van der Waals surface area contributed by atoms with Gasteiger partial charge in [0.1, 0.15) is 0 Å². The fraction of sp³-hybridized carbons (Fsp3) is 0.529. The number of nitrogens with one attached hydrogen (secondary N) is 1. The molecule has 2 rings (SSSR count). The summed E-state index contributed by atoms with van der Waals surface area (Å²) in [6.45, 7) is 7.68. The van der Waals surface area contributed by atoms with Crippen molar-refractivity contribution in [2.45, 2.75) is 33.6 Å². The Kier molecular flexibility index (Phi) is 5.05. The summed E-state index contributed by atoms with van der Waals surface area (Å²) in [6.07, 6.45) is 4.69. The second-order valence-electron chi connectivity index (χ2n) is 5.76. The van der Waals surface area contributed by atoms with Crippen molar-refractivity contribution in [3.05, 3.63) is 35.7 Å². The number of hydrogen-bond acceptors (Lipinski definition) is 2. The molecule has 1 aromatic carbocycles. The quantitative estimate of drug-likeness (QED) is 0.792. The third-order valence-corrected chi connectivity index (χ3v) is 3.71. The van der Waals surface area contributed by atoms with Gasteiger partial charge in [-0.3, -0.25) is 0 Å². The molecule has 0 saturated carbocycles. The Bertz CT molecular complexity index is 484. The molecule has 1 aliphatic rings. The van der Waals surface area contributed by atoms with E-state index in [4.69, 9.17) is 4.74 Å². The number of halogens is 1. The lowest BCUT2D eigenvalue weighted by Crippen LogP contribution is -2.20. The summed E-state index contributed by atoms with van der Waals surface area (Å²) < 4.78 is 19.0. The summed E-state index contributed by atoms with van der Waals surface area (Å²) in [5, 5.41) is 3.34. The van der Waals surface area contributed by atoms with E-state index in [1.54, 1.807) is 6.07 Å². The predicted octanol–water partition coefficient (Wildman–Crippen LogP) is 4.63. The van der Waals surface area contributed by atoms with Gasteiger partial charge in [0.25, 0.3) is 0 Å². The largest absolute Gasteiger partial charge is 0.491 e. The van der Waals surface area contributed by atoms with Crippen LogP contribution in [0.25, 0.3) is 0 Å². The molecular weight excluding hydrogens is 253 g/mol. The van der Waals surface area contributed by atoms with Gasteiger partial charge in [-0.2, -0.15) is 0 Å². The van der Waals surface area contributed by atoms with Crippen LogP contribution in [-0.4, -0.2) is 13.2 Å². The maximum atomic E-state index is 13.8. The van der Waals surface area contributed by atoms with E-state index in [9.17, 15) is 4.39 Å². The molecule has 110 valence electrons. The molecule has 0 aliphatic heterocycles. The Hall–Kier alpha value is -1.51. The lowest BCUT2D eigenvalue weighted by molar-refractivity contribution is 0.321. The minimum atomic E-state index is -0.301. The monoisotopic (exact) mass is 277 g/mol. The van der Waals surface area contributed by atoms with Crippen LogP contribution >= 0.6 is 0 Å². The molecule has 0 bridgehead atoms. The molecule has 0 fully saturated rings. The van der Waals surface area contributed by atoms with E-state index < -0.39 is 0 Å². The third kappa shape index (κ3) is 3.99. The molecule has 0 heterocycles. The lowest BCUT2D eigenvalue weighted by atomic mass is 9.84. The van der Waals surface area contributed by atoms with Gasteiger partial charge in [-0.25, -0.2) is 4.39 Å². The van der Waals surface area contributed by atoms with Crippen LogP contribution in [0.1, 0.15) is 33.6 Å². The van der Waals surface area contributed by atoms with Crippen LogP contribution in [0, 0.1) is 17.7 Å². The van der Waals surface area contributed by atoms with Crippen molar-refractivity contribution in [2.24, 2.45) is 11.8 Å². The summed E-state index contributed by atoms with van der Waals surface area (Å²) >= 11 is 0. The van der Waals surface area contributed by atoms with Crippen LogP contribution in [0.2, 0.25) is 0 Å². The molecule has 2 nitrogen and oxygen atoms in total. The van der Waals surface area contributed by atoms with Crippen LogP contribution in [0.15, 0.2) is 29.8 Å². The molecular formula is C17H24FNO. The van der Waals surface area contributed by atoms with E-state index in [0.717, 1.165) is 18.7 Å². The highest BCUT2D eigenvalue weighted by Crippen LogP contribution is 2.28. The normalized spacial score (nSPS) is 22.3. The van der Waals surface area contributed by atoms with Gasteiger partial charge in [0, 0.05) is 18.3 Å². The van der Waals surface area contributed by atoms with E-state index >= 15 is 0 Å². The zero-order valence-electron chi connectivity index (χ0n) is 12.6. The number of benzene rings is 1. The van der Waals surface area contributed by atoms with Gasteiger partial charge in [-0.15, -0.1) is 0 Å². The number of anilines is 1. The first-order chi connectivity index (χ1) is 9.58. The van der Waals surface area contributed by atoms with Crippen molar-refractivity contribution in [3.8, 4) is 5.75 Å². The zero-order valence-corrected chi connectivity index (χ0v) is 12.6. The lowest BCUT2D eigenvalue weighted by Gasteiger charge is -2.26. The van der Waals surface area contributed by atoms with E-state index in [0.29, 0.717) is 24.2 Å². The first-order valence-electron chi connectivity index (χ1n) is 7.42. The van der Waals surface area contributed by atoms with Crippen LogP contribution in [-0.2, 0) is 0 Å². The van der Waals surface area contributed by atoms with Gasteiger partial charge in [0.05, 0.1) is 6.61 Å². The Morgan fingerprint density at radius 3 is 2.85 bits per heavy atom. The van der Waals surface area contributed by atoms with E-state index in [1.165, 1.54) is 18.1 Å². The summed E-state index contributed by atoms with van der Waals surface area (Å²) in [7, 11) is 0. The number of allylic oxidation sites excluding steroid dienone is 2. The Balaban J connectivity index is 1.91. The van der Waals surface area contributed by atoms with Crippen LogP contribution < -0.4 is 10.1 Å². The molecule has 0 aromatic heterocycles. The molecule has 0 spiro atoms. The molecule has 20 heavy (non-hydrogen) atoms. The fourth-order valence-electron chi connectivity index (χ4n) is 2.99. The van der Waals surface area contributed by atoms with Crippen LogP contribution in [0.5, 0.6) is 5.75 Å². The summed E-state index contributed by atoms with van der Waals surface area (Å²) in [5.74, 6) is 1.30. The predicted molar refractivity (Wildman–Crippen MR) is 81.7 cm³/mol. The molecule has 0 saturated heterocycles. The first-order valence-corrected chi connectivity index (χ1v) is 7.42. The Morgan fingerprint density at radius 2 is 2.20 bits per heavy atom. The molecule has 1 N–H and O–H groups in total. The zero-order chi connectivity index (χ0) is 14.5. The van der Waals surface area contributed by atoms with E-state index in [2.05, 4.69) is 25.2 Å². The van der Waals surface area contributed by atoms with Crippen molar-refractivity contribution < 1.29 is 9.13 Å². The fourth-order valence-corrected chi connectivity index (χ4v) is 2.99. The SMILES string of the molecule is CCOc1ccc(NCC2CC(C)=CC(C)C2)cc1F. The summed E-state index contributed by atoms with van der Waals surface area (Å²) in [6, 6.07) is 5.08. The molecule has 1 aromatic rings. The van der Waals surface area contributed by atoms with Gasteiger partial charge < -0.3 is 10.1 Å². The number of hydrogen-bond donors (Lipinski definition) is 1. The summed E-state index contributed by atoms with van der Waals surface area (Å²) in [4.78, 5) is 0. The highest BCUT2D eigenvalue weighted by molar-refractivity contribution is 5.47. The van der Waals surface area contributed by atoms with E-state index in [1.807, 2.05) is 13.0 Å². The van der Waals surface area contributed by atoms with Crippen LogP contribution in [0.4, 0.5) is 10.1 Å². The van der Waals surface area contributed by atoms with Crippen molar-refractivity contribution in [3.63, 3.8) is 0 Å². The third-order valence-electron chi connectivity index (χ3n) is 3.71. The van der Waals surface area contributed by atoms with Gasteiger partial charge in [-0.05, 0) is 50.7 Å². The second kappa shape index (κ2) is 6.78. The van der Waals surface area contributed by atoms with Gasteiger partial charge >= 0.3 is 0 Å². The van der Waals surface area contributed by atoms with Crippen molar-refractivity contribution in [2.75, 3.05) is 18.5 Å².